The van der Waals surface area contributed by atoms with Crippen LogP contribution in [0.1, 0.15) is 38.7 Å². The average Bonchev–Trinajstić information content (AvgIpc) is 2.69. The van der Waals surface area contributed by atoms with Crippen LogP contribution in [0.4, 0.5) is 0 Å². The van der Waals surface area contributed by atoms with Crippen molar-refractivity contribution < 1.29 is 0 Å². The zero-order chi connectivity index (χ0) is 13.2. The third kappa shape index (κ3) is 2.41. The Balaban J connectivity index is 2.46. The van der Waals surface area contributed by atoms with Gasteiger partial charge in [0.05, 0.1) is 0 Å². The molecule has 1 aromatic carbocycles. The van der Waals surface area contributed by atoms with Crippen molar-refractivity contribution in [2.24, 2.45) is 5.92 Å². The van der Waals surface area contributed by atoms with Gasteiger partial charge in [-0.2, -0.15) is 0 Å². The molecule has 1 aromatic rings. The zero-order valence-electron chi connectivity index (χ0n) is 11.1. The highest BCUT2D eigenvalue weighted by molar-refractivity contribution is 6.36. The predicted molar refractivity (Wildman–Crippen MR) is 79.7 cm³/mol. The Morgan fingerprint density at radius 2 is 2.00 bits per heavy atom. The quantitative estimate of drug-likeness (QED) is 0.848. The lowest BCUT2D eigenvalue weighted by molar-refractivity contribution is 0.320. The van der Waals surface area contributed by atoms with Crippen molar-refractivity contribution in [1.82, 2.24) is 5.32 Å². The van der Waals surface area contributed by atoms with E-state index < -0.39 is 0 Å². The molecule has 0 saturated heterocycles. The van der Waals surface area contributed by atoms with Gasteiger partial charge in [0.1, 0.15) is 0 Å². The maximum absolute atomic E-state index is 6.43. The lowest BCUT2D eigenvalue weighted by atomic mass is 9.72. The van der Waals surface area contributed by atoms with Gasteiger partial charge >= 0.3 is 0 Å². The molecular formula is C15H21Cl2N. The van der Waals surface area contributed by atoms with Crippen molar-refractivity contribution in [2.75, 3.05) is 13.1 Å². The summed E-state index contributed by atoms with van der Waals surface area (Å²) >= 11 is 12.9. The Morgan fingerprint density at radius 1 is 1.33 bits per heavy atom. The number of halogens is 2. The second-order valence-corrected chi connectivity index (χ2v) is 6.14. The first-order valence-electron chi connectivity index (χ1n) is 6.77. The summed E-state index contributed by atoms with van der Waals surface area (Å²) in [4.78, 5) is 0. The molecule has 0 heterocycles. The van der Waals surface area contributed by atoms with Gasteiger partial charge in [-0.15, -0.1) is 0 Å². The maximum atomic E-state index is 6.43. The zero-order valence-corrected chi connectivity index (χ0v) is 12.6. The summed E-state index contributed by atoms with van der Waals surface area (Å²) in [6, 6.07) is 5.84. The summed E-state index contributed by atoms with van der Waals surface area (Å²) in [5.74, 6) is 0.619. The number of benzene rings is 1. The third-order valence-electron chi connectivity index (χ3n) is 4.35. The summed E-state index contributed by atoms with van der Waals surface area (Å²) in [5.41, 5.74) is 1.25. The van der Waals surface area contributed by atoms with Gasteiger partial charge < -0.3 is 5.32 Å². The lowest BCUT2D eigenvalue weighted by Crippen LogP contribution is -2.40. The highest BCUT2D eigenvalue weighted by atomic mass is 35.5. The van der Waals surface area contributed by atoms with Crippen LogP contribution < -0.4 is 5.32 Å². The van der Waals surface area contributed by atoms with E-state index in [1.807, 2.05) is 18.2 Å². The molecule has 1 aliphatic rings. The number of rotatable bonds is 4. The number of hydrogen-bond donors (Lipinski definition) is 1. The third-order valence-corrected chi connectivity index (χ3v) is 4.98. The largest absolute Gasteiger partial charge is 0.316 e. The first-order valence-corrected chi connectivity index (χ1v) is 7.52. The minimum Gasteiger partial charge on any atom is -0.316 e. The molecule has 0 aromatic heterocycles. The van der Waals surface area contributed by atoms with Gasteiger partial charge in [-0.3, -0.25) is 0 Å². The minimum atomic E-state index is 0.103. The van der Waals surface area contributed by atoms with E-state index in [1.54, 1.807) is 0 Å². The van der Waals surface area contributed by atoms with Crippen LogP contribution in [-0.4, -0.2) is 13.1 Å². The topological polar surface area (TPSA) is 12.0 Å². The molecule has 100 valence electrons. The van der Waals surface area contributed by atoms with Gasteiger partial charge in [0.25, 0.3) is 0 Å². The lowest BCUT2D eigenvalue weighted by Gasteiger charge is -2.36. The average molecular weight is 286 g/mol. The van der Waals surface area contributed by atoms with Crippen LogP contribution >= 0.6 is 23.2 Å². The summed E-state index contributed by atoms with van der Waals surface area (Å²) in [5, 5.41) is 5.13. The fourth-order valence-electron chi connectivity index (χ4n) is 3.29. The summed E-state index contributed by atoms with van der Waals surface area (Å²) in [7, 11) is 0. The Hall–Kier alpha value is -0.240. The van der Waals surface area contributed by atoms with Crippen LogP contribution in [0.5, 0.6) is 0 Å². The first-order chi connectivity index (χ1) is 8.62. The number of hydrogen-bond acceptors (Lipinski definition) is 1. The summed E-state index contributed by atoms with van der Waals surface area (Å²) < 4.78 is 0. The smallest absolute Gasteiger partial charge is 0.0459 e. The van der Waals surface area contributed by atoms with Crippen LogP contribution in [-0.2, 0) is 5.41 Å². The van der Waals surface area contributed by atoms with Gasteiger partial charge in [0.2, 0.25) is 0 Å². The van der Waals surface area contributed by atoms with Gasteiger partial charge in [-0.1, -0.05) is 49.5 Å². The molecule has 0 radical (unpaired) electrons. The van der Waals surface area contributed by atoms with Crippen molar-refractivity contribution in [3.05, 3.63) is 33.8 Å². The Bertz CT molecular complexity index is 399. The fourth-order valence-corrected chi connectivity index (χ4v) is 4.06. The molecule has 3 heteroatoms. The second-order valence-electron chi connectivity index (χ2n) is 5.33. The van der Waals surface area contributed by atoms with Crippen LogP contribution in [0, 0.1) is 5.92 Å². The molecule has 0 aliphatic heterocycles. The fraction of sp³-hybridized carbons (Fsp3) is 0.600. The van der Waals surface area contributed by atoms with Crippen LogP contribution in [0.25, 0.3) is 0 Å². The monoisotopic (exact) mass is 285 g/mol. The molecule has 18 heavy (non-hydrogen) atoms. The molecule has 1 N–H and O–H groups in total. The van der Waals surface area contributed by atoms with Crippen LogP contribution in [0.3, 0.4) is 0 Å². The van der Waals surface area contributed by atoms with E-state index in [1.165, 1.54) is 19.3 Å². The highest BCUT2D eigenvalue weighted by Gasteiger charge is 2.43. The van der Waals surface area contributed by atoms with Gasteiger partial charge in [0, 0.05) is 22.0 Å². The van der Waals surface area contributed by atoms with E-state index in [2.05, 4.69) is 19.2 Å². The van der Waals surface area contributed by atoms with Crippen molar-refractivity contribution in [1.29, 1.82) is 0 Å². The maximum Gasteiger partial charge on any atom is 0.0459 e. The van der Waals surface area contributed by atoms with Gasteiger partial charge in [0.15, 0.2) is 0 Å². The minimum absolute atomic E-state index is 0.103. The van der Waals surface area contributed by atoms with Crippen molar-refractivity contribution in [3.63, 3.8) is 0 Å². The van der Waals surface area contributed by atoms with E-state index in [9.17, 15) is 0 Å². The molecule has 2 atom stereocenters. The normalized spacial score (nSPS) is 27.7. The molecule has 0 amide bonds. The Morgan fingerprint density at radius 3 is 2.50 bits per heavy atom. The van der Waals surface area contributed by atoms with Crippen molar-refractivity contribution in [2.45, 2.75) is 38.5 Å². The molecule has 1 saturated carbocycles. The van der Waals surface area contributed by atoms with Crippen molar-refractivity contribution >= 4 is 23.2 Å². The summed E-state index contributed by atoms with van der Waals surface area (Å²) in [6.45, 7) is 6.41. The van der Waals surface area contributed by atoms with Crippen molar-refractivity contribution in [3.8, 4) is 0 Å². The molecule has 2 rings (SSSR count). The molecule has 1 fully saturated rings. The predicted octanol–water partition coefficient (Wildman–Crippen LogP) is 4.66. The Labute approximate surface area is 120 Å². The van der Waals surface area contributed by atoms with Crippen LogP contribution in [0.2, 0.25) is 10.0 Å². The molecule has 2 unspecified atom stereocenters. The SMILES string of the molecule is CCNCC1(c2c(Cl)cccc2Cl)CCCC1C. The summed E-state index contributed by atoms with van der Waals surface area (Å²) in [6.07, 6.45) is 3.69. The Kier molecular flexibility index (Phi) is 4.58. The van der Waals surface area contributed by atoms with E-state index in [-0.39, 0.29) is 5.41 Å². The molecule has 0 spiro atoms. The number of nitrogens with one attached hydrogen (secondary N) is 1. The van der Waals surface area contributed by atoms with Gasteiger partial charge in [-0.25, -0.2) is 0 Å². The van der Waals surface area contributed by atoms with E-state index in [0.29, 0.717) is 5.92 Å². The molecule has 1 nitrogen and oxygen atoms in total. The van der Waals surface area contributed by atoms with E-state index >= 15 is 0 Å². The van der Waals surface area contributed by atoms with Crippen LogP contribution in [0.15, 0.2) is 18.2 Å². The van der Waals surface area contributed by atoms with E-state index in [0.717, 1.165) is 28.7 Å². The molecule has 1 aliphatic carbocycles. The van der Waals surface area contributed by atoms with E-state index in [4.69, 9.17) is 23.2 Å². The second kappa shape index (κ2) is 5.81. The first kappa shape index (κ1) is 14.2. The highest BCUT2D eigenvalue weighted by Crippen LogP contribution is 2.49. The number of likely N-dealkylation sites (N-methyl/N-ethyl adjacent to an activating group) is 1. The molecular weight excluding hydrogens is 265 g/mol. The molecule has 0 bridgehead atoms. The standard InChI is InChI=1S/C15H21Cl2N/c1-3-18-10-15(9-5-6-11(15)2)14-12(16)7-4-8-13(14)17/h4,7-8,11,18H,3,5-6,9-10H2,1-2H3. The van der Waals surface area contributed by atoms with Gasteiger partial charge in [-0.05, 0) is 43.0 Å².